The van der Waals surface area contributed by atoms with Crippen molar-refractivity contribution in [3.63, 3.8) is 0 Å². The van der Waals surface area contributed by atoms with Gasteiger partial charge < -0.3 is 14.2 Å². The number of carbonyl (C=O) groups is 2. The van der Waals surface area contributed by atoms with E-state index >= 15 is 0 Å². The number of amides is 1. The Bertz CT molecular complexity index is 1060. The number of methoxy groups -OCH3 is 1. The van der Waals surface area contributed by atoms with Gasteiger partial charge in [0.05, 0.1) is 7.11 Å². The first kappa shape index (κ1) is 19.8. The van der Waals surface area contributed by atoms with Crippen LogP contribution in [0.15, 0.2) is 59.1 Å². The number of aryl methyl sites for hydroxylation is 1. The number of carbonyl (C=O) groups excluding carboxylic acids is 2. The van der Waals surface area contributed by atoms with Crippen LogP contribution >= 0.6 is 0 Å². The van der Waals surface area contributed by atoms with Gasteiger partial charge in [-0.05, 0) is 12.5 Å². The van der Waals surface area contributed by atoms with Crippen molar-refractivity contribution in [3.8, 4) is 11.3 Å². The highest BCUT2D eigenvalue weighted by Gasteiger charge is 2.37. The zero-order chi connectivity index (χ0) is 21.1. The van der Waals surface area contributed by atoms with Crippen molar-refractivity contribution in [1.82, 2.24) is 5.16 Å². The van der Waals surface area contributed by atoms with Gasteiger partial charge in [-0.1, -0.05) is 59.3 Å². The molecule has 30 heavy (non-hydrogen) atoms. The van der Waals surface area contributed by atoms with Gasteiger partial charge >= 0.3 is 5.97 Å². The van der Waals surface area contributed by atoms with Crippen molar-refractivity contribution in [2.75, 3.05) is 19.0 Å². The summed E-state index contributed by atoms with van der Waals surface area (Å²) in [7, 11) is 1.38. The third-order valence-corrected chi connectivity index (χ3v) is 5.45. The molecule has 154 valence electrons. The second kappa shape index (κ2) is 8.51. The molecule has 3 aromatic rings. The van der Waals surface area contributed by atoms with Gasteiger partial charge in [-0.3, -0.25) is 10.1 Å². The Kier molecular flexibility index (Phi) is 5.63. The molecule has 1 aliphatic rings. The molecular weight excluding hydrogens is 382 g/mol. The van der Waals surface area contributed by atoms with Crippen LogP contribution in [0.2, 0.25) is 0 Å². The SMILES string of the molecule is COC(=O)[C@@H]1Cc2ccccc2C[NH+]1CC(=O)Nc1cc(-c2ccc(C)cc2)no1. The number of benzene rings is 2. The van der Waals surface area contributed by atoms with Crippen LogP contribution in [0.25, 0.3) is 11.3 Å². The average Bonchev–Trinajstić information content (AvgIpc) is 3.21. The fourth-order valence-corrected chi connectivity index (χ4v) is 3.82. The molecule has 0 fully saturated rings. The van der Waals surface area contributed by atoms with Gasteiger partial charge in [0.1, 0.15) is 12.2 Å². The number of hydrogen-bond donors (Lipinski definition) is 2. The minimum Gasteiger partial charge on any atom is -0.465 e. The van der Waals surface area contributed by atoms with Gasteiger partial charge in [0.15, 0.2) is 12.6 Å². The number of nitrogens with zero attached hydrogens (tertiary/aromatic N) is 1. The number of rotatable bonds is 5. The highest BCUT2D eigenvalue weighted by atomic mass is 16.5. The molecule has 2 atom stereocenters. The first-order valence-corrected chi connectivity index (χ1v) is 9.86. The highest BCUT2D eigenvalue weighted by molar-refractivity contribution is 5.90. The average molecular weight is 406 g/mol. The molecule has 2 aromatic carbocycles. The van der Waals surface area contributed by atoms with E-state index in [-0.39, 0.29) is 24.3 Å². The third-order valence-electron chi connectivity index (χ3n) is 5.45. The first-order chi connectivity index (χ1) is 14.5. The van der Waals surface area contributed by atoms with E-state index in [4.69, 9.17) is 9.26 Å². The molecule has 0 spiro atoms. The maximum absolute atomic E-state index is 12.7. The predicted octanol–water partition coefficient (Wildman–Crippen LogP) is 1.77. The molecule has 0 aliphatic carbocycles. The lowest BCUT2D eigenvalue weighted by Crippen LogP contribution is -3.17. The molecule has 1 unspecified atom stereocenters. The van der Waals surface area contributed by atoms with Crippen LogP contribution in [0.5, 0.6) is 0 Å². The third kappa shape index (κ3) is 4.26. The largest absolute Gasteiger partial charge is 0.465 e. The van der Waals surface area contributed by atoms with Crippen molar-refractivity contribution >= 4 is 17.8 Å². The zero-order valence-electron chi connectivity index (χ0n) is 17.0. The maximum atomic E-state index is 12.7. The maximum Gasteiger partial charge on any atom is 0.365 e. The topological polar surface area (TPSA) is 85.9 Å². The van der Waals surface area contributed by atoms with Crippen molar-refractivity contribution < 1.29 is 23.7 Å². The molecule has 0 bridgehead atoms. The Morgan fingerprint density at radius 1 is 1.17 bits per heavy atom. The van der Waals surface area contributed by atoms with Crippen LogP contribution < -0.4 is 10.2 Å². The second-order valence-corrected chi connectivity index (χ2v) is 7.55. The van der Waals surface area contributed by atoms with Crippen LogP contribution in [0.3, 0.4) is 0 Å². The van der Waals surface area contributed by atoms with Crippen LogP contribution in [-0.2, 0) is 27.3 Å². The van der Waals surface area contributed by atoms with E-state index < -0.39 is 6.04 Å². The number of ether oxygens (including phenoxy) is 1. The summed E-state index contributed by atoms with van der Waals surface area (Å²) >= 11 is 0. The molecule has 0 radical (unpaired) electrons. The van der Waals surface area contributed by atoms with E-state index in [1.807, 2.05) is 55.5 Å². The van der Waals surface area contributed by atoms with Gasteiger partial charge in [-0.15, -0.1) is 0 Å². The lowest BCUT2D eigenvalue weighted by atomic mass is 9.94. The molecule has 2 N–H and O–H groups in total. The van der Waals surface area contributed by atoms with Crippen molar-refractivity contribution in [2.45, 2.75) is 25.9 Å². The molecule has 1 aliphatic heterocycles. The normalized spacial score (nSPS) is 17.8. The number of aromatic nitrogens is 1. The van der Waals surface area contributed by atoms with Crippen molar-refractivity contribution in [1.29, 1.82) is 0 Å². The quantitative estimate of drug-likeness (QED) is 0.631. The Morgan fingerprint density at radius 3 is 2.63 bits per heavy atom. The summed E-state index contributed by atoms with van der Waals surface area (Å²) in [6.45, 7) is 2.71. The molecule has 7 heteroatoms. The second-order valence-electron chi connectivity index (χ2n) is 7.55. The molecule has 4 rings (SSSR count). The van der Waals surface area contributed by atoms with Crippen molar-refractivity contribution in [2.24, 2.45) is 0 Å². The van der Waals surface area contributed by atoms with Gasteiger partial charge in [0.2, 0.25) is 5.88 Å². The van der Waals surface area contributed by atoms with Gasteiger partial charge in [0.25, 0.3) is 5.91 Å². The summed E-state index contributed by atoms with van der Waals surface area (Å²) in [6.07, 6.45) is 0.547. The monoisotopic (exact) mass is 406 g/mol. The number of hydrogen-bond acceptors (Lipinski definition) is 5. The minimum absolute atomic E-state index is 0.120. The van der Waals surface area contributed by atoms with Crippen LogP contribution in [0.1, 0.15) is 16.7 Å². The summed E-state index contributed by atoms with van der Waals surface area (Å²) in [5.74, 6) is -0.277. The van der Waals surface area contributed by atoms with E-state index in [2.05, 4.69) is 10.5 Å². The van der Waals surface area contributed by atoms with Gasteiger partial charge in [-0.25, -0.2) is 4.79 Å². The standard InChI is InChI=1S/C23H23N3O4/c1-15-7-9-16(10-8-15)19-12-22(30-25-19)24-21(27)14-26-13-18-6-4-3-5-17(18)11-20(26)23(28)29-2/h3-10,12,20H,11,13-14H2,1-2H3,(H,24,27)/p+1/t20-/m0/s1. The predicted molar refractivity (Wildman–Crippen MR) is 111 cm³/mol. The number of anilines is 1. The number of nitrogens with one attached hydrogen (secondary N) is 2. The fourth-order valence-electron chi connectivity index (χ4n) is 3.82. The highest BCUT2D eigenvalue weighted by Crippen LogP contribution is 2.22. The molecule has 1 amide bonds. The van der Waals surface area contributed by atoms with Crippen LogP contribution in [0.4, 0.5) is 5.88 Å². The molecule has 7 nitrogen and oxygen atoms in total. The Labute approximate surface area is 174 Å². The molecule has 2 heterocycles. The lowest BCUT2D eigenvalue weighted by Gasteiger charge is -2.31. The van der Waals surface area contributed by atoms with E-state index in [0.717, 1.165) is 27.2 Å². The number of fused-ring (bicyclic) bond motifs is 1. The summed E-state index contributed by atoms with van der Waals surface area (Å²) in [4.78, 5) is 25.8. The van der Waals surface area contributed by atoms with E-state index in [1.165, 1.54) is 7.11 Å². The lowest BCUT2D eigenvalue weighted by molar-refractivity contribution is -0.924. The number of quaternary nitrogens is 1. The molecule has 1 aromatic heterocycles. The Balaban J connectivity index is 1.45. The first-order valence-electron chi connectivity index (χ1n) is 9.86. The fraction of sp³-hybridized carbons (Fsp3) is 0.261. The van der Waals surface area contributed by atoms with Crippen LogP contribution in [0, 0.1) is 6.92 Å². The van der Waals surface area contributed by atoms with E-state index in [9.17, 15) is 9.59 Å². The summed E-state index contributed by atoms with van der Waals surface area (Å²) in [5, 5.41) is 6.78. The molecule has 0 saturated heterocycles. The van der Waals surface area contributed by atoms with Gasteiger partial charge in [0, 0.05) is 23.6 Å². The molecular formula is C23H24N3O4+. The summed E-state index contributed by atoms with van der Waals surface area (Å²) in [6, 6.07) is 17.1. The Morgan fingerprint density at radius 2 is 1.90 bits per heavy atom. The minimum atomic E-state index is -0.423. The molecule has 0 saturated carbocycles. The van der Waals surface area contributed by atoms with E-state index in [1.54, 1.807) is 6.07 Å². The van der Waals surface area contributed by atoms with Gasteiger partial charge in [-0.2, -0.15) is 0 Å². The van der Waals surface area contributed by atoms with Crippen LogP contribution in [-0.4, -0.2) is 36.7 Å². The van der Waals surface area contributed by atoms with E-state index in [0.29, 0.717) is 18.7 Å². The summed E-state index contributed by atoms with van der Waals surface area (Å²) in [5.41, 5.74) is 4.98. The smallest absolute Gasteiger partial charge is 0.365 e. The van der Waals surface area contributed by atoms with Crippen molar-refractivity contribution in [3.05, 3.63) is 71.3 Å². The summed E-state index contributed by atoms with van der Waals surface area (Å²) < 4.78 is 10.3. The number of esters is 1. The zero-order valence-corrected chi connectivity index (χ0v) is 17.0. The Hall–Kier alpha value is -3.45.